The molecule has 5 heteroatoms. The molecular weight excluding hydrogens is 276 g/mol. The Morgan fingerprint density at radius 2 is 2.09 bits per heavy atom. The van der Waals surface area contributed by atoms with Crippen molar-refractivity contribution in [1.82, 2.24) is 15.1 Å². The van der Waals surface area contributed by atoms with E-state index in [2.05, 4.69) is 35.7 Å². The number of nitrogens with zero attached hydrogens (tertiary/aromatic N) is 3. The summed E-state index contributed by atoms with van der Waals surface area (Å²) in [5.41, 5.74) is 0. The predicted octanol–water partition coefficient (Wildman–Crippen LogP) is 1.96. The van der Waals surface area contributed by atoms with E-state index in [1.165, 1.54) is 19.3 Å². The van der Waals surface area contributed by atoms with Gasteiger partial charge in [0.1, 0.15) is 0 Å². The lowest BCUT2D eigenvalue weighted by Gasteiger charge is -2.26. The van der Waals surface area contributed by atoms with Gasteiger partial charge in [0.15, 0.2) is 5.96 Å². The molecule has 128 valence electrons. The van der Waals surface area contributed by atoms with Gasteiger partial charge in [-0.05, 0) is 26.2 Å². The van der Waals surface area contributed by atoms with E-state index in [4.69, 9.17) is 9.73 Å². The quantitative estimate of drug-likeness (QED) is 0.290. The Morgan fingerprint density at radius 3 is 2.77 bits per heavy atom. The smallest absolute Gasteiger partial charge is 0.193 e. The molecule has 1 heterocycles. The molecule has 1 saturated heterocycles. The van der Waals surface area contributed by atoms with Crippen LogP contribution < -0.4 is 5.32 Å². The number of morpholine rings is 1. The number of aliphatic imine (C=N–C) groups is 1. The first kappa shape index (κ1) is 19.0. The summed E-state index contributed by atoms with van der Waals surface area (Å²) >= 11 is 0. The van der Waals surface area contributed by atoms with Crippen molar-refractivity contribution in [2.24, 2.45) is 4.99 Å². The number of rotatable bonds is 10. The summed E-state index contributed by atoms with van der Waals surface area (Å²) in [6.45, 7) is 13.5. The maximum atomic E-state index is 5.37. The van der Waals surface area contributed by atoms with E-state index in [9.17, 15) is 0 Å². The molecule has 0 bridgehead atoms. The molecule has 1 N–H and O–H groups in total. The molecule has 0 spiro atoms. The molecule has 1 aliphatic heterocycles. The number of hydrogen-bond acceptors (Lipinski definition) is 3. The standard InChI is InChI=1S/C17H34N4O/c1-4-6-7-8-9-11-20(3)17(18-5-2)19-10-12-21-13-15-22-16-14-21/h4H,1,5-16H2,2-3H3,(H,18,19). The van der Waals surface area contributed by atoms with Gasteiger partial charge in [-0.3, -0.25) is 9.89 Å². The second-order valence-corrected chi connectivity index (χ2v) is 5.75. The summed E-state index contributed by atoms with van der Waals surface area (Å²) < 4.78 is 5.37. The zero-order valence-electron chi connectivity index (χ0n) is 14.5. The van der Waals surface area contributed by atoms with Crippen molar-refractivity contribution in [2.75, 3.05) is 59.5 Å². The fraction of sp³-hybridized carbons (Fsp3) is 0.824. The van der Waals surface area contributed by atoms with Crippen LogP contribution in [0.15, 0.2) is 17.6 Å². The van der Waals surface area contributed by atoms with Gasteiger partial charge in [0.05, 0.1) is 19.8 Å². The molecular formula is C17H34N4O. The van der Waals surface area contributed by atoms with Crippen LogP contribution in [0.1, 0.15) is 32.6 Å². The van der Waals surface area contributed by atoms with Crippen LogP contribution in [0.2, 0.25) is 0 Å². The molecule has 0 aliphatic carbocycles. The number of ether oxygens (including phenoxy) is 1. The minimum atomic E-state index is 0.850. The Kier molecular flexibility index (Phi) is 10.8. The Labute approximate surface area is 136 Å². The van der Waals surface area contributed by atoms with Crippen molar-refractivity contribution < 1.29 is 4.74 Å². The molecule has 0 amide bonds. The molecule has 0 aromatic heterocycles. The maximum absolute atomic E-state index is 5.37. The van der Waals surface area contributed by atoms with E-state index in [1.807, 2.05) is 6.08 Å². The zero-order chi connectivity index (χ0) is 16.0. The highest BCUT2D eigenvalue weighted by Crippen LogP contribution is 2.02. The van der Waals surface area contributed by atoms with Crippen molar-refractivity contribution in [2.45, 2.75) is 32.6 Å². The van der Waals surface area contributed by atoms with Gasteiger partial charge in [0, 0.05) is 39.8 Å². The van der Waals surface area contributed by atoms with Gasteiger partial charge in [-0.25, -0.2) is 0 Å². The van der Waals surface area contributed by atoms with Gasteiger partial charge in [-0.1, -0.05) is 12.5 Å². The van der Waals surface area contributed by atoms with Gasteiger partial charge in [-0.2, -0.15) is 0 Å². The topological polar surface area (TPSA) is 40.1 Å². The van der Waals surface area contributed by atoms with Gasteiger partial charge in [0.2, 0.25) is 0 Å². The molecule has 0 aromatic carbocycles. The summed E-state index contributed by atoms with van der Waals surface area (Å²) in [5, 5.41) is 3.39. The van der Waals surface area contributed by atoms with Gasteiger partial charge in [-0.15, -0.1) is 6.58 Å². The molecule has 0 unspecified atom stereocenters. The molecule has 0 radical (unpaired) electrons. The van der Waals surface area contributed by atoms with E-state index in [-0.39, 0.29) is 0 Å². The molecule has 1 fully saturated rings. The fourth-order valence-electron chi connectivity index (χ4n) is 2.51. The summed E-state index contributed by atoms with van der Waals surface area (Å²) in [7, 11) is 2.13. The maximum Gasteiger partial charge on any atom is 0.193 e. The molecule has 0 aromatic rings. The van der Waals surface area contributed by atoms with Crippen LogP contribution in [-0.4, -0.2) is 75.3 Å². The Hall–Kier alpha value is -1.07. The van der Waals surface area contributed by atoms with Crippen LogP contribution in [0.3, 0.4) is 0 Å². The Bertz CT molecular complexity index is 314. The van der Waals surface area contributed by atoms with Gasteiger partial charge in [0.25, 0.3) is 0 Å². The third kappa shape index (κ3) is 8.39. The number of nitrogens with one attached hydrogen (secondary N) is 1. The second-order valence-electron chi connectivity index (χ2n) is 5.75. The van der Waals surface area contributed by atoms with Crippen molar-refractivity contribution in [3.63, 3.8) is 0 Å². The van der Waals surface area contributed by atoms with E-state index >= 15 is 0 Å². The first-order chi connectivity index (χ1) is 10.8. The molecule has 0 atom stereocenters. The molecule has 1 rings (SSSR count). The monoisotopic (exact) mass is 310 g/mol. The highest BCUT2D eigenvalue weighted by Gasteiger charge is 2.10. The molecule has 1 aliphatic rings. The minimum absolute atomic E-state index is 0.850. The third-order valence-electron chi connectivity index (χ3n) is 3.88. The summed E-state index contributed by atoms with van der Waals surface area (Å²) in [4.78, 5) is 9.42. The summed E-state index contributed by atoms with van der Waals surface area (Å²) in [6, 6.07) is 0. The summed E-state index contributed by atoms with van der Waals surface area (Å²) in [6.07, 6.45) is 6.82. The average molecular weight is 310 g/mol. The van der Waals surface area contributed by atoms with Crippen LogP contribution in [0, 0.1) is 0 Å². The second kappa shape index (κ2) is 12.5. The van der Waals surface area contributed by atoms with Gasteiger partial charge >= 0.3 is 0 Å². The van der Waals surface area contributed by atoms with E-state index < -0.39 is 0 Å². The van der Waals surface area contributed by atoms with Crippen molar-refractivity contribution >= 4 is 5.96 Å². The Morgan fingerprint density at radius 1 is 1.32 bits per heavy atom. The highest BCUT2D eigenvalue weighted by molar-refractivity contribution is 5.79. The molecule has 5 nitrogen and oxygen atoms in total. The lowest BCUT2D eigenvalue weighted by atomic mass is 10.2. The van der Waals surface area contributed by atoms with Gasteiger partial charge < -0.3 is 15.0 Å². The minimum Gasteiger partial charge on any atom is -0.379 e. The van der Waals surface area contributed by atoms with Crippen LogP contribution in [0.4, 0.5) is 0 Å². The number of hydrogen-bond donors (Lipinski definition) is 1. The SMILES string of the molecule is C=CCCCCCN(C)C(=NCCN1CCOCC1)NCC. The van der Waals surface area contributed by atoms with E-state index in [0.717, 1.165) is 64.9 Å². The van der Waals surface area contributed by atoms with Crippen molar-refractivity contribution in [3.8, 4) is 0 Å². The number of unbranched alkanes of at least 4 members (excludes halogenated alkanes) is 3. The highest BCUT2D eigenvalue weighted by atomic mass is 16.5. The van der Waals surface area contributed by atoms with Crippen molar-refractivity contribution in [1.29, 1.82) is 0 Å². The number of allylic oxidation sites excluding steroid dienone is 1. The van der Waals surface area contributed by atoms with Crippen LogP contribution in [-0.2, 0) is 4.74 Å². The van der Waals surface area contributed by atoms with Crippen LogP contribution in [0.25, 0.3) is 0 Å². The molecule has 22 heavy (non-hydrogen) atoms. The molecule has 0 saturated carbocycles. The van der Waals surface area contributed by atoms with Crippen molar-refractivity contribution in [3.05, 3.63) is 12.7 Å². The third-order valence-corrected chi connectivity index (χ3v) is 3.88. The lowest BCUT2D eigenvalue weighted by Crippen LogP contribution is -2.41. The first-order valence-electron chi connectivity index (χ1n) is 8.68. The van der Waals surface area contributed by atoms with E-state index in [1.54, 1.807) is 0 Å². The predicted molar refractivity (Wildman–Crippen MR) is 94.5 cm³/mol. The Balaban J connectivity index is 2.27. The zero-order valence-corrected chi connectivity index (χ0v) is 14.5. The first-order valence-corrected chi connectivity index (χ1v) is 8.68. The normalized spacial score (nSPS) is 16.5. The number of guanidine groups is 1. The van der Waals surface area contributed by atoms with Crippen LogP contribution in [0.5, 0.6) is 0 Å². The van der Waals surface area contributed by atoms with Crippen LogP contribution >= 0.6 is 0 Å². The lowest BCUT2D eigenvalue weighted by molar-refractivity contribution is 0.0394. The fourth-order valence-corrected chi connectivity index (χ4v) is 2.51. The largest absolute Gasteiger partial charge is 0.379 e. The average Bonchev–Trinajstić information content (AvgIpc) is 2.54. The summed E-state index contributed by atoms with van der Waals surface area (Å²) in [5.74, 6) is 1.03. The van der Waals surface area contributed by atoms with E-state index in [0.29, 0.717) is 0 Å².